The normalized spacial score (nSPS) is 15.5. The third-order valence-electron chi connectivity index (χ3n) is 3.49. The Balaban J connectivity index is 2.69. The van der Waals surface area contributed by atoms with Crippen LogP contribution in [0.25, 0.3) is 0 Å². The first-order valence-electron chi connectivity index (χ1n) is 7.56. The standard InChI is InChI=1S/C16H31N3/c1-7-10-19-15(8-9-18-19)14(17-6)11-13(2)12-16(3,4)5/h8-9,13-14,17H,7,10-12H2,1-6H3. The summed E-state index contributed by atoms with van der Waals surface area (Å²) in [5.74, 6) is 0.711. The topological polar surface area (TPSA) is 29.9 Å². The minimum Gasteiger partial charge on any atom is -0.312 e. The lowest BCUT2D eigenvalue weighted by atomic mass is 9.82. The van der Waals surface area contributed by atoms with E-state index in [0.29, 0.717) is 17.4 Å². The van der Waals surface area contributed by atoms with Crippen molar-refractivity contribution in [3.05, 3.63) is 18.0 Å². The fraction of sp³-hybridized carbons (Fsp3) is 0.812. The fourth-order valence-corrected chi connectivity index (χ4v) is 2.96. The van der Waals surface area contributed by atoms with Crippen LogP contribution in [0, 0.1) is 11.3 Å². The molecule has 0 saturated heterocycles. The molecule has 1 N–H and O–H groups in total. The lowest BCUT2D eigenvalue weighted by Crippen LogP contribution is -2.24. The molecule has 0 bridgehead atoms. The third-order valence-corrected chi connectivity index (χ3v) is 3.49. The molecule has 3 heteroatoms. The van der Waals surface area contributed by atoms with Gasteiger partial charge in [-0.25, -0.2) is 0 Å². The van der Waals surface area contributed by atoms with E-state index in [0.717, 1.165) is 13.0 Å². The van der Waals surface area contributed by atoms with Gasteiger partial charge >= 0.3 is 0 Å². The van der Waals surface area contributed by atoms with E-state index in [-0.39, 0.29) is 0 Å². The fourth-order valence-electron chi connectivity index (χ4n) is 2.96. The Labute approximate surface area is 118 Å². The van der Waals surface area contributed by atoms with E-state index in [4.69, 9.17) is 0 Å². The molecule has 1 heterocycles. The summed E-state index contributed by atoms with van der Waals surface area (Å²) in [6.45, 7) is 12.5. The van der Waals surface area contributed by atoms with E-state index in [1.807, 2.05) is 6.20 Å². The average Bonchev–Trinajstić information content (AvgIpc) is 2.72. The van der Waals surface area contributed by atoms with Gasteiger partial charge in [0.05, 0.1) is 5.69 Å². The van der Waals surface area contributed by atoms with E-state index in [1.165, 1.54) is 18.5 Å². The second-order valence-electron chi connectivity index (χ2n) is 6.93. The first-order valence-corrected chi connectivity index (χ1v) is 7.56. The highest BCUT2D eigenvalue weighted by molar-refractivity contribution is 5.07. The van der Waals surface area contributed by atoms with E-state index in [1.54, 1.807) is 0 Å². The zero-order valence-electron chi connectivity index (χ0n) is 13.5. The second-order valence-corrected chi connectivity index (χ2v) is 6.93. The molecule has 0 saturated carbocycles. The van der Waals surface area contributed by atoms with Gasteiger partial charge in [0, 0.05) is 18.8 Å². The predicted octanol–water partition coefficient (Wildman–Crippen LogP) is 4.02. The van der Waals surface area contributed by atoms with Gasteiger partial charge in [-0.3, -0.25) is 4.68 Å². The van der Waals surface area contributed by atoms with Gasteiger partial charge in [0.2, 0.25) is 0 Å². The van der Waals surface area contributed by atoms with E-state index in [2.05, 4.69) is 62.8 Å². The van der Waals surface area contributed by atoms with Gasteiger partial charge in [-0.15, -0.1) is 0 Å². The van der Waals surface area contributed by atoms with Gasteiger partial charge in [0.25, 0.3) is 0 Å². The smallest absolute Gasteiger partial charge is 0.0553 e. The van der Waals surface area contributed by atoms with Crippen LogP contribution in [0.4, 0.5) is 0 Å². The zero-order valence-corrected chi connectivity index (χ0v) is 13.5. The molecule has 1 aromatic rings. The van der Waals surface area contributed by atoms with Gasteiger partial charge in [0.15, 0.2) is 0 Å². The van der Waals surface area contributed by atoms with Crippen LogP contribution in [-0.2, 0) is 6.54 Å². The summed E-state index contributed by atoms with van der Waals surface area (Å²) in [7, 11) is 2.05. The molecule has 0 amide bonds. The number of hydrogen-bond acceptors (Lipinski definition) is 2. The maximum Gasteiger partial charge on any atom is 0.0553 e. The summed E-state index contributed by atoms with van der Waals surface area (Å²) in [5, 5.41) is 7.89. The summed E-state index contributed by atoms with van der Waals surface area (Å²) in [5.41, 5.74) is 1.73. The molecule has 19 heavy (non-hydrogen) atoms. The lowest BCUT2D eigenvalue weighted by Gasteiger charge is -2.27. The summed E-state index contributed by atoms with van der Waals surface area (Å²) < 4.78 is 2.14. The highest BCUT2D eigenvalue weighted by Crippen LogP contribution is 2.30. The Kier molecular flexibility index (Phi) is 6.05. The molecule has 1 rings (SSSR count). The van der Waals surface area contributed by atoms with Crippen LogP contribution in [0.1, 0.15) is 65.6 Å². The van der Waals surface area contributed by atoms with Crippen molar-refractivity contribution in [1.82, 2.24) is 15.1 Å². The van der Waals surface area contributed by atoms with Crippen LogP contribution in [0.3, 0.4) is 0 Å². The maximum atomic E-state index is 4.43. The monoisotopic (exact) mass is 265 g/mol. The molecule has 0 aliphatic rings. The number of aromatic nitrogens is 2. The van der Waals surface area contributed by atoms with Crippen molar-refractivity contribution < 1.29 is 0 Å². The Morgan fingerprint density at radius 2 is 2.05 bits per heavy atom. The zero-order chi connectivity index (χ0) is 14.5. The summed E-state index contributed by atoms with van der Waals surface area (Å²) in [4.78, 5) is 0. The van der Waals surface area contributed by atoms with Gasteiger partial charge in [-0.1, -0.05) is 34.6 Å². The van der Waals surface area contributed by atoms with E-state index < -0.39 is 0 Å². The molecular weight excluding hydrogens is 234 g/mol. The number of nitrogens with one attached hydrogen (secondary N) is 1. The highest BCUT2D eigenvalue weighted by Gasteiger charge is 2.21. The highest BCUT2D eigenvalue weighted by atomic mass is 15.3. The van der Waals surface area contributed by atoms with Crippen molar-refractivity contribution in [2.24, 2.45) is 11.3 Å². The van der Waals surface area contributed by atoms with Crippen molar-refractivity contribution in [3.63, 3.8) is 0 Å². The van der Waals surface area contributed by atoms with Crippen molar-refractivity contribution in [1.29, 1.82) is 0 Å². The Morgan fingerprint density at radius 3 is 2.58 bits per heavy atom. The summed E-state index contributed by atoms with van der Waals surface area (Å²) >= 11 is 0. The molecule has 0 fully saturated rings. The molecule has 110 valence electrons. The van der Waals surface area contributed by atoms with Gasteiger partial charge in [-0.2, -0.15) is 5.10 Å². The van der Waals surface area contributed by atoms with Gasteiger partial charge < -0.3 is 5.32 Å². The summed E-state index contributed by atoms with van der Waals surface area (Å²) in [6.07, 6.45) is 5.47. The van der Waals surface area contributed by atoms with Crippen LogP contribution in [-0.4, -0.2) is 16.8 Å². The SMILES string of the molecule is CCCn1nccc1C(CC(C)CC(C)(C)C)NC. The van der Waals surface area contributed by atoms with E-state index >= 15 is 0 Å². The maximum absolute atomic E-state index is 4.43. The largest absolute Gasteiger partial charge is 0.312 e. The molecule has 1 aromatic heterocycles. The number of nitrogens with zero attached hydrogens (tertiary/aromatic N) is 2. The van der Waals surface area contributed by atoms with Crippen LogP contribution >= 0.6 is 0 Å². The minimum absolute atomic E-state index is 0.404. The first kappa shape index (κ1) is 16.2. The molecule has 2 atom stereocenters. The molecule has 0 spiro atoms. The van der Waals surface area contributed by atoms with Crippen LogP contribution in [0.2, 0.25) is 0 Å². The number of rotatable bonds is 7. The molecule has 0 radical (unpaired) electrons. The quantitative estimate of drug-likeness (QED) is 0.807. The Hall–Kier alpha value is -0.830. The molecule has 0 aromatic carbocycles. The van der Waals surface area contributed by atoms with Crippen LogP contribution in [0.5, 0.6) is 0 Å². The number of hydrogen-bond donors (Lipinski definition) is 1. The van der Waals surface area contributed by atoms with Crippen molar-refractivity contribution in [2.75, 3.05) is 7.05 Å². The van der Waals surface area contributed by atoms with Gasteiger partial charge in [0.1, 0.15) is 0 Å². The molecular formula is C16H31N3. The number of aryl methyl sites for hydroxylation is 1. The first-order chi connectivity index (χ1) is 8.87. The molecule has 0 aliphatic carbocycles. The average molecular weight is 265 g/mol. The lowest BCUT2D eigenvalue weighted by molar-refractivity contribution is 0.275. The van der Waals surface area contributed by atoms with E-state index in [9.17, 15) is 0 Å². The second kappa shape index (κ2) is 7.09. The van der Waals surface area contributed by atoms with Crippen molar-refractivity contribution in [3.8, 4) is 0 Å². The third kappa shape index (κ3) is 5.35. The minimum atomic E-state index is 0.404. The van der Waals surface area contributed by atoms with Crippen LogP contribution < -0.4 is 5.32 Å². The van der Waals surface area contributed by atoms with Crippen molar-refractivity contribution in [2.45, 2.75) is 66.5 Å². The molecule has 3 nitrogen and oxygen atoms in total. The Bertz CT molecular complexity index is 362. The van der Waals surface area contributed by atoms with Crippen molar-refractivity contribution >= 4 is 0 Å². The molecule has 2 unspecified atom stereocenters. The summed E-state index contributed by atoms with van der Waals surface area (Å²) in [6, 6.07) is 2.56. The van der Waals surface area contributed by atoms with Crippen LogP contribution in [0.15, 0.2) is 12.3 Å². The predicted molar refractivity (Wildman–Crippen MR) is 82.2 cm³/mol. The molecule has 0 aliphatic heterocycles. The Morgan fingerprint density at radius 1 is 1.37 bits per heavy atom. The van der Waals surface area contributed by atoms with Gasteiger partial charge in [-0.05, 0) is 43.7 Å².